The average Bonchev–Trinajstić information content (AvgIpc) is 1.90. The van der Waals surface area contributed by atoms with Crippen LogP contribution in [0.1, 0.15) is 13.8 Å². The first-order valence-electron chi connectivity index (χ1n) is 2.74. The Kier molecular flexibility index (Phi) is 15.9. The van der Waals surface area contributed by atoms with Gasteiger partial charge in [-0.2, -0.15) is 6.92 Å². The molecule has 0 atom stereocenters. The monoisotopic (exact) mass is 231 g/mol. The molecule has 0 N–H and O–H groups in total. The van der Waals surface area contributed by atoms with Gasteiger partial charge in [-0.05, 0) is 13.5 Å². The second-order valence-corrected chi connectivity index (χ2v) is 1.46. The number of hydrogen-bond donors (Lipinski definition) is 0. The molecule has 0 aromatic rings. The average molecular weight is 231 g/mol. The molecule has 0 aliphatic carbocycles. The van der Waals surface area contributed by atoms with Crippen molar-refractivity contribution in [1.29, 1.82) is 0 Å². The Morgan fingerprint density at radius 1 is 1.64 bits per heavy atom. The van der Waals surface area contributed by atoms with E-state index in [2.05, 4.69) is 0 Å². The molecule has 0 radical (unpaired) electrons. The maximum absolute atomic E-state index is 10.6. The quantitative estimate of drug-likeness (QED) is 0.526. The van der Waals surface area contributed by atoms with Crippen molar-refractivity contribution in [2.75, 3.05) is 6.54 Å². The van der Waals surface area contributed by atoms with Crippen molar-refractivity contribution >= 4 is 12.3 Å². The summed E-state index contributed by atoms with van der Waals surface area (Å²) in [4.78, 5) is 21.5. The van der Waals surface area contributed by atoms with Crippen LogP contribution in [0.4, 0.5) is 0 Å². The van der Waals surface area contributed by atoms with Gasteiger partial charge in [0.25, 0.3) is 0 Å². The van der Waals surface area contributed by atoms with Crippen molar-refractivity contribution < 1.29 is 42.3 Å². The third kappa shape index (κ3) is 6.51. The summed E-state index contributed by atoms with van der Waals surface area (Å²) in [5.41, 5.74) is 0. The Hall–Kier alpha value is 0.114. The largest absolute Gasteiger partial charge is 3.00 e. The number of nitrogens with zero attached hydrogens (tertiary/aromatic N) is 1. The van der Waals surface area contributed by atoms with Crippen molar-refractivity contribution in [3.8, 4) is 0 Å². The molecule has 0 spiro atoms. The molecule has 11 heavy (non-hydrogen) atoms. The fraction of sp³-hybridized carbons (Fsp3) is 0.429. The first-order valence-corrected chi connectivity index (χ1v) is 2.74. The number of hydrogen-bond acceptors (Lipinski definition) is 2. The van der Waals surface area contributed by atoms with Crippen LogP contribution in [-0.2, 0) is 42.3 Å². The second kappa shape index (κ2) is 10.1. The van der Waals surface area contributed by atoms with Crippen LogP contribution in [0.5, 0.6) is 0 Å². The Morgan fingerprint density at radius 2 is 2.09 bits per heavy atom. The zero-order valence-corrected chi connectivity index (χ0v) is 9.96. The SMILES string of the molecule is C[CH-]C(=O)N([C-]=O)CC.[CH3-].[Y+3]. The summed E-state index contributed by atoms with van der Waals surface area (Å²) in [6.45, 7) is 3.68. The molecule has 0 aromatic heterocycles. The minimum atomic E-state index is -0.299. The molecule has 0 fully saturated rings. The third-order valence-electron chi connectivity index (χ3n) is 0.939. The minimum Gasteiger partial charge on any atom is -0.473 e. The minimum absolute atomic E-state index is 0. The predicted molar refractivity (Wildman–Crippen MR) is 39.5 cm³/mol. The Labute approximate surface area is 93.4 Å². The van der Waals surface area contributed by atoms with Crippen LogP contribution in [0.15, 0.2) is 0 Å². The maximum atomic E-state index is 10.6. The van der Waals surface area contributed by atoms with E-state index in [9.17, 15) is 9.59 Å². The normalized spacial score (nSPS) is 6.73. The Balaban J connectivity index is -0.000000320. The number of imide groups is 1. The van der Waals surface area contributed by atoms with Gasteiger partial charge in [0, 0.05) is 0 Å². The first kappa shape index (κ1) is 17.3. The van der Waals surface area contributed by atoms with Crippen molar-refractivity contribution in [3.05, 3.63) is 13.8 Å². The van der Waals surface area contributed by atoms with Gasteiger partial charge in [0.05, 0.1) is 6.41 Å². The van der Waals surface area contributed by atoms with E-state index in [-0.39, 0.29) is 46.0 Å². The van der Waals surface area contributed by atoms with E-state index < -0.39 is 0 Å². The Morgan fingerprint density at radius 3 is 2.18 bits per heavy atom. The van der Waals surface area contributed by atoms with E-state index >= 15 is 0 Å². The predicted octanol–water partition coefficient (Wildman–Crippen LogP) is 0.574. The molecule has 0 aliphatic heterocycles. The van der Waals surface area contributed by atoms with Crippen molar-refractivity contribution in [3.63, 3.8) is 0 Å². The first-order chi connectivity index (χ1) is 4.26. The third-order valence-corrected chi connectivity index (χ3v) is 0.939. The van der Waals surface area contributed by atoms with Crippen LogP contribution in [0, 0.1) is 13.8 Å². The molecule has 2 amide bonds. The number of carbonyl (C=O) groups is 1. The molecule has 0 saturated carbocycles. The van der Waals surface area contributed by atoms with E-state index in [0.717, 1.165) is 4.90 Å². The fourth-order valence-corrected chi connectivity index (χ4v) is 0.421. The van der Waals surface area contributed by atoms with Gasteiger partial charge >= 0.3 is 32.7 Å². The molecule has 0 heterocycles. The van der Waals surface area contributed by atoms with Gasteiger partial charge in [-0.25, -0.2) is 0 Å². The molecule has 0 saturated heterocycles. The van der Waals surface area contributed by atoms with Crippen LogP contribution >= 0.6 is 0 Å². The Bertz CT molecular complexity index is 117. The molecule has 3 nitrogen and oxygen atoms in total. The molecular weight excluding hydrogens is 219 g/mol. The van der Waals surface area contributed by atoms with E-state index in [0.29, 0.717) is 6.54 Å². The van der Waals surface area contributed by atoms with Gasteiger partial charge in [0.15, 0.2) is 0 Å². The summed E-state index contributed by atoms with van der Waals surface area (Å²) >= 11 is 0. The van der Waals surface area contributed by atoms with Crippen LogP contribution in [0.25, 0.3) is 0 Å². The number of amides is 2. The standard InChI is InChI=1S/C6H9NO2.CH3.Y/c1-3-6(9)7(4-2)5-8;;/h3H,4H2,1-2H3;1H3;/q-2;-1;+3. The van der Waals surface area contributed by atoms with E-state index in [1.165, 1.54) is 12.8 Å². The molecule has 60 valence electrons. The molecule has 4 heteroatoms. The molecule has 0 rings (SSSR count). The summed E-state index contributed by atoms with van der Waals surface area (Å²) in [6.07, 6.45) is 2.83. The smallest absolute Gasteiger partial charge is 0.473 e. The van der Waals surface area contributed by atoms with E-state index in [1.54, 1.807) is 13.8 Å². The van der Waals surface area contributed by atoms with Crippen LogP contribution in [0.3, 0.4) is 0 Å². The van der Waals surface area contributed by atoms with Crippen LogP contribution in [-0.4, -0.2) is 23.8 Å². The molecule has 0 bridgehead atoms. The maximum Gasteiger partial charge on any atom is 3.00 e. The summed E-state index contributed by atoms with van der Waals surface area (Å²) in [5.74, 6) is -0.299. The second-order valence-electron chi connectivity index (χ2n) is 1.46. The molecule has 0 aromatic carbocycles. The fourth-order valence-electron chi connectivity index (χ4n) is 0.421. The number of rotatable bonds is 3. The van der Waals surface area contributed by atoms with Gasteiger partial charge < -0.3 is 28.3 Å². The zero-order chi connectivity index (χ0) is 7.28. The van der Waals surface area contributed by atoms with Gasteiger partial charge in [-0.3, -0.25) is 0 Å². The topological polar surface area (TPSA) is 37.4 Å². The number of carbonyl (C=O) groups excluding carboxylic acids is 2. The summed E-state index contributed by atoms with van der Waals surface area (Å²) in [7, 11) is 0. The molecule has 0 unspecified atom stereocenters. The van der Waals surface area contributed by atoms with Gasteiger partial charge in [0.1, 0.15) is 0 Å². The van der Waals surface area contributed by atoms with Crippen LogP contribution in [0.2, 0.25) is 0 Å². The summed E-state index contributed by atoms with van der Waals surface area (Å²) in [5, 5.41) is 0. The van der Waals surface area contributed by atoms with Crippen LogP contribution < -0.4 is 0 Å². The zero-order valence-electron chi connectivity index (χ0n) is 7.13. The van der Waals surface area contributed by atoms with Crippen molar-refractivity contribution in [1.82, 2.24) is 4.90 Å². The van der Waals surface area contributed by atoms with Gasteiger partial charge in [-0.1, -0.05) is 5.91 Å². The van der Waals surface area contributed by atoms with Gasteiger partial charge in [0.2, 0.25) is 0 Å². The summed E-state index contributed by atoms with van der Waals surface area (Å²) < 4.78 is 0. The van der Waals surface area contributed by atoms with E-state index in [1.807, 2.05) is 0 Å². The van der Waals surface area contributed by atoms with Gasteiger partial charge in [-0.15, -0.1) is 0 Å². The summed E-state index contributed by atoms with van der Waals surface area (Å²) in [6, 6.07) is 0. The molecular formula is C7H12NO2Y. The van der Waals surface area contributed by atoms with E-state index in [4.69, 9.17) is 0 Å². The molecule has 0 aliphatic rings. The van der Waals surface area contributed by atoms with Crippen molar-refractivity contribution in [2.45, 2.75) is 13.8 Å². The van der Waals surface area contributed by atoms with Crippen molar-refractivity contribution in [2.24, 2.45) is 0 Å².